The van der Waals surface area contributed by atoms with E-state index < -0.39 is 9.84 Å². The highest BCUT2D eigenvalue weighted by atomic mass is 32.2. The molecule has 5 rings (SSSR count). The maximum Gasteiger partial charge on any atom is 0.230 e. The van der Waals surface area contributed by atoms with E-state index in [9.17, 15) is 18.0 Å². The monoisotopic (exact) mass is 594 g/mol. The summed E-state index contributed by atoms with van der Waals surface area (Å²) in [5.41, 5.74) is 8.04. The van der Waals surface area contributed by atoms with Gasteiger partial charge in [0, 0.05) is 23.9 Å². The van der Waals surface area contributed by atoms with Gasteiger partial charge in [0.15, 0.2) is 15.0 Å². The highest BCUT2D eigenvalue weighted by molar-refractivity contribution is 7.90. The molecule has 0 unspecified atom stereocenters. The molecule has 1 saturated carbocycles. The van der Waals surface area contributed by atoms with E-state index in [0.29, 0.717) is 17.0 Å². The number of nitrogens with zero attached hydrogens (tertiary/aromatic N) is 2. The van der Waals surface area contributed by atoms with Crippen molar-refractivity contribution in [2.45, 2.75) is 69.2 Å². The third-order valence-electron chi connectivity index (χ3n) is 8.21. The number of nitrogens with two attached hydrogens (primary N) is 1. The molecule has 2 amide bonds. The number of benzene rings is 2. The van der Waals surface area contributed by atoms with Crippen LogP contribution in [0.4, 0.5) is 5.13 Å². The molecule has 3 N–H and O–H groups in total. The van der Waals surface area contributed by atoms with Crippen LogP contribution in [-0.4, -0.2) is 36.7 Å². The lowest BCUT2D eigenvalue weighted by Crippen LogP contribution is -2.35. The normalized spacial score (nSPS) is 21.1. The molecule has 218 valence electrons. The van der Waals surface area contributed by atoms with Crippen molar-refractivity contribution in [1.29, 1.82) is 0 Å². The highest BCUT2D eigenvalue weighted by Crippen LogP contribution is 2.43. The Balaban J connectivity index is 1.17. The number of nitrogens with one attached hydrogen (secondary N) is 1. The predicted octanol–water partition coefficient (Wildman–Crippen LogP) is 5.10. The molecule has 1 aliphatic carbocycles. The van der Waals surface area contributed by atoms with Crippen molar-refractivity contribution in [1.82, 2.24) is 9.88 Å². The lowest BCUT2D eigenvalue weighted by Gasteiger charge is -2.34. The van der Waals surface area contributed by atoms with Crippen LogP contribution in [0.3, 0.4) is 0 Å². The van der Waals surface area contributed by atoms with E-state index in [2.05, 4.69) is 24.1 Å². The second-order valence-corrected chi connectivity index (χ2v) is 14.8. The second kappa shape index (κ2) is 12.4. The van der Waals surface area contributed by atoms with Crippen molar-refractivity contribution in [3.63, 3.8) is 0 Å². The largest absolute Gasteiger partial charge is 0.369 e. The summed E-state index contributed by atoms with van der Waals surface area (Å²) in [6, 6.07) is 15.8. The average Bonchev–Trinajstić information content (AvgIpc) is 3.45. The number of hydrogen-bond donors (Lipinski definition) is 2. The van der Waals surface area contributed by atoms with Crippen LogP contribution in [0.25, 0.3) is 0 Å². The second-order valence-electron chi connectivity index (χ2n) is 11.7. The third-order valence-corrected chi connectivity index (χ3v) is 10.9. The SMILES string of the molecule is CC(C)[C@H]1c2nc(NC(=O)Cc3ccc(S(=O)(=O)Cc4ccccc4)cc3)sc2CN1CC1CCC(C(N)=O)CC1. The van der Waals surface area contributed by atoms with Crippen LogP contribution in [0.1, 0.15) is 67.3 Å². The van der Waals surface area contributed by atoms with E-state index in [1.54, 1.807) is 36.4 Å². The number of primary amides is 1. The van der Waals surface area contributed by atoms with Crippen molar-refractivity contribution >= 4 is 38.1 Å². The summed E-state index contributed by atoms with van der Waals surface area (Å²) in [5.74, 6) is 0.537. The Hall–Kier alpha value is -3.08. The fourth-order valence-corrected chi connectivity index (χ4v) is 8.53. The number of carbonyl (C=O) groups is 2. The van der Waals surface area contributed by atoms with Crippen LogP contribution >= 0.6 is 11.3 Å². The minimum absolute atomic E-state index is 0.0193. The van der Waals surface area contributed by atoms with Gasteiger partial charge in [0.2, 0.25) is 11.8 Å². The minimum Gasteiger partial charge on any atom is -0.369 e. The van der Waals surface area contributed by atoms with Gasteiger partial charge in [-0.05, 0) is 60.8 Å². The van der Waals surface area contributed by atoms with E-state index in [0.717, 1.165) is 55.6 Å². The summed E-state index contributed by atoms with van der Waals surface area (Å²) < 4.78 is 25.6. The molecule has 0 bridgehead atoms. The van der Waals surface area contributed by atoms with Crippen LogP contribution in [0.15, 0.2) is 59.5 Å². The molecule has 10 heteroatoms. The Bertz CT molecular complexity index is 1480. The third kappa shape index (κ3) is 7.05. The Morgan fingerprint density at radius 2 is 1.71 bits per heavy atom. The molecular weight excluding hydrogens is 556 g/mol. The van der Waals surface area contributed by atoms with Gasteiger partial charge in [-0.1, -0.05) is 56.3 Å². The van der Waals surface area contributed by atoms with Crippen molar-refractivity contribution < 1.29 is 18.0 Å². The molecule has 2 heterocycles. The maximum absolute atomic E-state index is 12.8. The maximum atomic E-state index is 12.8. The molecule has 1 atom stereocenters. The van der Waals surface area contributed by atoms with E-state index in [1.807, 2.05) is 18.2 Å². The first-order chi connectivity index (χ1) is 19.6. The topological polar surface area (TPSA) is 122 Å². The lowest BCUT2D eigenvalue weighted by atomic mass is 9.81. The fraction of sp³-hybridized carbons (Fsp3) is 0.452. The number of fused-ring (bicyclic) bond motifs is 1. The van der Waals surface area contributed by atoms with E-state index in [-0.39, 0.29) is 40.8 Å². The molecule has 1 aliphatic heterocycles. The van der Waals surface area contributed by atoms with Gasteiger partial charge in [-0.3, -0.25) is 14.5 Å². The van der Waals surface area contributed by atoms with Gasteiger partial charge in [0.05, 0.1) is 28.8 Å². The van der Waals surface area contributed by atoms with Gasteiger partial charge >= 0.3 is 0 Å². The Kier molecular flexibility index (Phi) is 8.91. The van der Waals surface area contributed by atoms with Gasteiger partial charge in [-0.2, -0.15) is 0 Å². The molecule has 1 fully saturated rings. The van der Waals surface area contributed by atoms with Crippen LogP contribution in [0.5, 0.6) is 0 Å². The summed E-state index contributed by atoms with van der Waals surface area (Å²) in [4.78, 5) is 33.2. The molecule has 0 spiro atoms. The zero-order chi connectivity index (χ0) is 29.1. The molecule has 3 aromatic rings. The summed E-state index contributed by atoms with van der Waals surface area (Å²) in [5, 5.41) is 3.56. The molecule has 0 radical (unpaired) electrons. The summed E-state index contributed by atoms with van der Waals surface area (Å²) in [7, 11) is -3.47. The predicted molar refractivity (Wildman–Crippen MR) is 161 cm³/mol. The fourth-order valence-electron chi connectivity index (χ4n) is 6.13. The van der Waals surface area contributed by atoms with Crippen molar-refractivity contribution in [3.05, 3.63) is 76.3 Å². The number of aromatic nitrogens is 1. The van der Waals surface area contributed by atoms with E-state index in [1.165, 1.54) is 16.2 Å². The smallest absolute Gasteiger partial charge is 0.230 e. The van der Waals surface area contributed by atoms with Crippen molar-refractivity contribution in [3.8, 4) is 0 Å². The molecule has 1 aromatic heterocycles. The highest BCUT2D eigenvalue weighted by Gasteiger charge is 2.38. The zero-order valence-corrected chi connectivity index (χ0v) is 25.2. The molecular formula is C31H38N4O4S2. The molecule has 2 aromatic carbocycles. The standard InChI is InChI=1S/C31H38N4O4S2/c1-20(2)29-28-26(18-35(29)17-22-8-12-24(13-9-22)30(32)37)40-31(34-28)33-27(36)16-21-10-14-25(15-11-21)41(38,39)19-23-6-4-3-5-7-23/h3-7,10-11,14-15,20,22,24,29H,8-9,12-13,16-19H2,1-2H3,(H2,32,37)(H,33,34,36)/t22?,24?,29-/m0/s1. The van der Waals surface area contributed by atoms with Gasteiger partial charge < -0.3 is 11.1 Å². The van der Waals surface area contributed by atoms with Crippen LogP contribution in [0.2, 0.25) is 0 Å². The van der Waals surface area contributed by atoms with E-state index >= 15 is 0 Å². The number of carbonyl (C=O) groups excluding carboxylic acids is 2. The van der Waals surface area contributed by atoms with Crippen LogP contribution in [0, 0.1) is 17.8 Å². The van der Waals surface area contributed by atoms with Crippen LogP contribution < -0.4 is 11.1 Å². The quantitative estimate of drug-likeness (QED) is 0.337. The van der Waals surface area contributed by atoms with Crippen molar-refractivity contribution in [2.24, 2.45) is 23.5 Å². The van der Waals surface area contributed by atoms with Gasteiger partial charge in [0.25, 0.3) is 0 Å². The van der Waals surface area contributed by atoms with Crippen molar-refractivity contribution in [2.75, 3.05) is 11.9 Å². The Labute approximate surface area is 246 Å². The molecule has 41 heavy (non-hydrogen) atoms. The first-order valence-corrected chi connectivity index (χ1v) is 16.7. The van der Waals surface area contributed by atoms with Gasteiger partial charge in [0.1, 0.15) is 0 Å². The van der Waals surface area contributed by atoms with Crippen LogP contribution in [-0.2, 0) is 38.1 Å². The van der Waals surface area contributed by atoms with Gasteiger partial charge in [-0.25, -0.2) is 13.4 Å². The number of rotatable bonds is 10. The molecule has 2 aliphatic rings. The van der Waals surface area contributed by atoms with E-state index in [4.69, 9.17) is 10.7 Å². The zero-order valence-electron chi connectivity index (χ0n) is 23.6. The average molecular weight is 595 g/mol. The number of anilines is 1. The first-order valence-electron chi connectivity index (χ1n) is 14.3. The number of hydrogen-bond acceptors (Lipinski definition) is 7. The first kappa shape index (κ1) is 29.4. The Morgan fingerprint density at radius 1 is 1.02 bits per heavy atom. The minimum atomic E-state index is -3.47. The number of sulfone groups is 1. The lowest BCUT2D eigenvalue weighted by molar-refractivity contribution is -0.123. The summed E-state index contributed by atoms with van der Waals surface area (Å²) in [6.45, 7) is 6.21. The number of amides is 2. The Morgan fingerprint density at radius 3 is 2.34 bits per heavy atom. The molecule has 0 saturated heterocycles. The summed E-state index contributed by atoms with van der Waals surface area (Å²) >= 11 is 1.53. The summed E-state index contributed by atoms with van der Waals surface area (Å²) in [6.07, 6.45) is 3.94. The molecule has 8 nitrogen and oxygen atoms in total. The number of thiazole rings is 1. The van der Waals surface area contributed by atoms with Gasteiger partial charge in [-0.15, -0.1) is 11.3 Å².